The van der Waals surface area contributed by atoms with Crippen LogP contribution in [0.3, 0.4) is 0 Å². The van der Waals surface area contributed by atoms with Crippen LogP contribution in [-0.2, 0) is 0 Å². The molecule has 0 aromatic carbocycles. The standard InChI is InChI=1S/C23H29FN6OS/c1-4-23(3,5-2)19(24)12-27-22(31)15-10-25-20(8-16(15)29-14-6-7-14)30-21-9-18-17(11-26-21)28-13-32-18/h8-11,13-14,19H,4-7,12H2,1-3H3,(H,27,31)(H2,25,26,29,30)/t19-/m1/s1. The molecule has 32 heavy (non-hydrogen) atoms. The summed E-state index contributed by atoms with van der Waals surface area (Å²) in [5.41, 5.74) is 3.29. The van der Waals surface area contributed by atoms with Gasteiger partial charge in [-0.05, 0) is 31.1 Å². The lowest BCUT2D eigenvalue weighted by atomic mass is 9.80. The van der Waals surface area contributed by atoms with Crippen LogP contribution in [-0.4, -0.2) is 39.6 Å². The van der Waals surface area contributed by atoms with Crippen LogP contribution in [0.5, 0.6) is 0 Å². The first kappa shape index (κ1) is 22.4. The molecule has 170 valence electrons. The Kier molecular flexibility index (Phi) is 6.55. The Balaban J connectivity index is 1.49. The van der Waals surface area contributed by atoms with Crippen LogP contribution >= 0.6 is 11.3 Å². The number of aromatic nitrogens is 3. The molecule has 0 spiro atoms. The van der Waals surface area contributed by atoms with Gasteiger partial charge in [0.05, 0.1) is 33.2 Å². The molecule has 0 bridgehead atoms. The molecule has 1 atom stereocenters. The number of fused-ring (bicyclic) bond motifs is 1. The van der Waals surface area contributed by atoms with Crippen molar-refractivity contribution in [3.05, 3.63) is 35.6 Å². The minimum absolute atomic E-state index is 0.0152. The third kappa shape index (κ3) is 4.98. The predicted octanol–water partition coefficient (Wildman–Crippen LogP) is 5.30. The highest BCUT2D eigenvalue weighted by atomic mass is 32.1. The topological polar surface area (TPSA) is 91.8 Å². The Labute approximate surface area is 191 Å². The first-order valence-electron chi connectivity index (χ1n) is 11.1. The van der Waals surface area contributed by atoms with Crippen molar-refractivity contribution in [3.63, 3.8) is 0 Å². The Hall–Kier alpha value is -2.81. The number of anilines is 3. The third-order valence-electron chi connectivity index (χ3n) is 6.37. The molecule has 3 aromatic rings. The molecular formula is C23H29FN6OS. The van der Waals surface area contributed by atoms with Gasteiger partial charge in [0, 0.05) is 30.9 Å². The number of nitrogens with zero attached hydrogens (tertiary/aromatic N) is 3. The lowest BCUT2D eigenvalue weighted by molar-refractivity contribution is 0.0856. The normalized spacial score (nSPS) is 14.9. The molecule has 1 aliphatic carbocycles. The van der Waals surface area contributed by atoms with E-state index in [1.807, 2.05) is 26.8 Å². The number of hydrogen-bond acceptors (Lipinski definition) is 7. The minimum atomic E-state index is -1.11. The van der Waals surface area contributed by atoms with E-state index in [0.29, 0.717) is 28.9 Å². The van der Waals surface area contributed by atoms with Crippen molar-refractivity contribution in [2.75, 3.05) is 17.2 Å². The quantitative estimate of drug-likeness (QED) is 0.383. The van der Waals surface area contributed by atoms with Crippen LogP contribution in [0.15, 0.2) is 30.0 Å². The van der Waals surface area contributed by atoms with Gasteiger partial charge < -0.3 is 16.0 Å². The number of carbonyl (C=O) groups excluding carboxylic acids is 1. The van der Waals surface area contributed by atoms with Gasteiger partial charge in [0.25, 0.3) is 5.91 Å². The summed E-state index contributed by atoms with van der Waals surface area (Å²) in [5, 5.41) is 9.35. The van der Waals surface area contributed by atoms with Crippen molar-refractivity contribution in [2.45, 2.75) is 58.7 Å². The predicted molar refractivity (Wildman–Crippen MR) is 127 cm³/mol. The van der Waals surface area contributed by atoms with Gasteiger partial charge in [-0.25, -0.2) is 19.3 Å². The van der Waals surface area contributed by atoms with E-state index in [2.05, 4.69) is 30.9 Å². The van der Waals surface area contributed by atoms with Gasteiger partial charge in [0.15, 0.2) is 0 Å². The molecular weight excluding hydrogens is 427 g/mol. The van der Waals surface area contributed by atoms with Crippen LogP contribution in [0.25, 0.3) is 10.2 Å². The molecule has 3 N–H and O–H groups in total. The second-order valence-corrected chi connectivity index (χ2v) is 9.47. The second-order valence-electron chi connectivity index (χ2n) is 8.59. The van der Waals surface area contributed by atoms with Gasteiger partial charge >= 0.3 is 0 Å². The molecule has 9 heteroatoms. The highest BCUT2D eigenvalue weighted by Gasteiger charge is 2.31. The lowest BCUT2D eigenvalue weighted by Crippen LogP contribution is -2.39. The fourth-order valence-corrected chi connectivity index (χ4v) is 4.13. The maximum absolute atomic E-state index is 14.8. The Morgan fingerprint density at radius 3 is 2.62 bits per heavy atom. The summed E-state index contributed by atoms with van der Waals surface area (Å²) in [4.78, 5) is 25.9. The maximum atomic E-state index is 14.8. The van der Waals surface area contributed by atoms with E-state index >= 15 is 0 Å². The van der Waals surface area contributed by atoms with Gasteiger partial charge in [0.2, 0.25) is 0 Å². The smallest absolute Gasteiger partial charge is 0.255 e. The first-order valence-corrected chi connectivity index (χ1v) is 11.9. The van der Waals surface area contributed by atoms with Crippen molar-refractivity contribution in [1.82, 2.24) is 20.3 Å². The summed E-state index contributed by atoms with van der Waals surface area (Å²) in [6, 6.07) is 4.07. The summed E-state index contributed by atoms with van der Waals surface area (Å²) in [6.45, 7) is 5.86. The lowest BCUT2D eigenvalue weighted by Gasteiger charge is -2.30. The highest BCUT2D eigenvalue weighted by Crippen LogP contribution is 2.32. The molecule has 3 aromatic heterocycles. The van der Waals surface area contributed by atoms with Crippen LogP contribution in [0.2, 0.25) is 0 Å². The number of thiazole rings is 1. The molecule has 0 unspecified atom stereocenters. The molecule has 0 aliphatic heterocycles. The summed E-state index contributed by atoms with van der Waals surface area (Å²) in [6.07, 6.45) is 5.70. The molecule has 1 fully saturated rings. The first-order chi connectivity index (χ1) is 15.4. The number of halogens is 1. The van der Waals surface area contributed by atoms with E-state index in [1.165, 1.54) is 6.20 Å². The molecule has 4 rings (SSSR count). The Morgan fingerprint density at radius 1 is 1.19 bits per heavy atom. The number of amides is 1. The number of nitrogens with one attached hydrogen (secondary N) is 3. The van der Waals surface area contributed by atoms with Crippen LogP contribution in [0, 0.1) is 5.41 Å². The fourth-order valence-electron chi connectivity index (χ4n) is 3.45. The monoisotopic (exact) mass is 456 g/mol. The zero-order chi connectivity index (χ0) is 22.7. The highest BCUT2D eigenvalue weighted by molar-refractivity contribution is 7.16. The van der Waals surface area contributed by atoms with Crippen LogP contribution in [0.4, 0.5) is 21.7 Å². The van der Waals surface area contributed by atoms with E-state index < -0.39 is 11.6 Å². The fraction of sp³-hybridized carbons (Fsp3) is 0.478. The molecule has 1 aliphatic rings. The average Bonchev–Trinajstić information content (AvgIpc) is 3.50. The van der Waals surface area contributed by atoms with E-state index in [-0.39, 0.29) is 12.5 Å². The molecule has 0 saturated heterocycles. The van der Waals surface area contributed by atoms with E-state index in [0.717, 1.165) is 35.9 Å². The number of carbonyl (C=O) groups is 1. The molecule has 0 radical (unpaired) electrons. The Bertz CT molecular complexity index is 1100. The van der Waals surface area contributed by atoms with Crippen molar-refractivity contribution >= 4 is 44.8 Å². The second kappa shape index (κ2) is 9.36. The zero-order valence-electron chi connectivity index (χ0n) is 18.6. The van der Waals surface area contributed by atoms with Gasteiger partial charge in [-0.2, -0.15) is 0 Å². The molecule has 3 heterocycles. The summed E-state index contributed by atoms with van der Waals surface area (Å²) >= 11 is 1.54. The summed E-state index contributed by atoms with van der Waals surface area (Å²) in [7, 11) is 0. The van der Waals surface area contributed by atoms with E-state index in [1.54, 1.807) is 29.1 Å². The minimum Gasteiger partial charge on any atom is -0.382 e. The van der Waals surface area contributed by atoms with Gasteiger partial charge in [-0.1, -0.05) is 20.8 Å². The zero-order valence-corrected chi connectivity index (χ0v) is 19.4. The number of alkyl halides is 1. The molecule has 1 saturated carbocycles. The van der Waals surface area contributed by atoms with Crippen molar-refractivity contribution < 1.29 is 9.18 Å². The largest absolute Gasteiger partial charge is 0.382 e. The number of rotatable bonds is 10. The van der Waals surface area contributed by atoms with E-state index in [4.69, 9.17) is 0 Å². The third-order valence-corrected chi connectivity index (χ3v) is 7.16. The molecule has 1 amide bonds. The SMILES string of the molecule is CCC(C)(CC)[C@H](F)CNC(=O)c1cnc(Nc2cc3scnc3cn2)cc1NC1CC1. The van der Waals surface area contributed by atoms with Gasteiger partial charge in [-0.15, -0.1) is 11.3 Å². The van der Waals surface area contributed by atoms with Gasteiger partial charge in [-0.3, -0.25) is 4.79 Å². The number of pyridine rings is 2. The van der Waals surface area contributed by atoms with E-state index in [9.17, 15) is 9.18 Å². The van der Waals surface area contributed by atoms with Gasteiger partial charge in [0.1, 0.15) is 17.8 Å². The Morgan fingerprint density at radius 2 is 1.91 bits per heavy atom. The van der Waals surface area contributed by atoms with Crippen molar-refractivity contribution in [1.29, 1.82) is 0 Å². The van der Waals surface area contributed by atoms with Crippen molar-refractivity contribution in [3.8, 4) is 0 Å². The summed E-state index contributed by atoms with van der Waals surface area (Å²) in [5.74, 6) is 0.907. The van der Waals surface area contributed by atoms with Crippen LogP contribution < -0.4 is 16.0 Å². The molecule has 7 nitrogen and oxygen atoms in total. The maximum Gasteiger partial charge on any atom is 0.255 e. The number of hydrogen-bond donors (Lipinski definition) is 3. The van der Waals surface area contributed by atoms with Crippen molar-refractivity contribution in [2.24, 2.45) is 5.41 Å². The average molecular weight is 457 g/mol. The van der Waals surface area contributed by atoms with Crippen LogP contribution in [0.1, 0.15) is 56.8 Å². The summed E-state index contributed by atoms with van der Waals surface area (Å²) < 4.78 is 15.8.